The van der Waals surface area contributed by atoms with Crippen molar-refractivity contribution in [2.75, 3.05) is 19.6 Å². The number of carbonyl (C=O) groups is 11. The number of aliphatic hydroxyl groups is 3. The lowest BCUT2D eigenvalue weighted by Crippen LogP contribution is -2.63. The lowest BCUT2D eigenvalue weighted by molar-refractivity contribution is -0.152. The Hall–Kier alpha value is -5.99. The Morgan fingerprint density at radius 2 is 0.942 bits per heavy atom. The normalized spacial score (nSPS) is 21.9. The lowest BCUT2D eigenvalue weighted by Gasteiger charge is -2.33. The fourth-order valence-electron chi connectivity index (χ4n) is 8.55. The molecule has 0 aromatic rings. The molecule has 3 aliphatic rings. The summed E-state index contributed by atoms with van der Waals surface area (Å²) in [5.74, 6) is -11.6. The number of carboxylic acids is 3. The predicted octanol–water partition coefficient (Wildman–Crippen LogP) is -4.29. The van der Waals surface area contributed by atoms with Crippen LogP contribution in [0.25, 0.3) is 0 Å². The zero-order valence-electron chi connectivity index (χ0n) is 39.5. The van der Waals surface area contributed by atoms with Crippen LogP contribution < -0.4 is 32.3 Å². The smallest absolute Gasteiger partial charge is 0.326 e. The fourth-order valence-corrected chi connectivity index (χ4v) is 8.55. The number of aliphatic hydroxyl groups excluding tert-OH is 3. The van der Waals surface area contributed by atoms with E-state index in [1.165, 1.54) is 23.6 Å². The third-order valence-corrected chi connectivity index (χ3v) is 12.3. The Bertz CT molecular complexity index is 1910. The predicted molar refractivity (Wildman–Crippen MR) is 238 cm³/mol. The Morgan fingerprint density at radius 1 is 0.522 bits per heavy atom. The molecule has 3 rings (SSSR count). The highest BCUT2D eigenvalue weighted by atomic mass is 16.4. The van der Waals surface area contributed by atoms with Crippen LogP contribution in [0.1, 0.15) is 105 Å². The SMILES string of the molecule is CC(C)C[C@H](NC(=O)[C@@H](NC(=O)[C@@H](N)[C@@H](C)O)[C@@H](C)O)C(=O)N[C@H](C(=O)N[C@@H](CCC(=O)O)C(=O)N1CCC[C@H]1C(=O)N[C@@H](CCC(=O)O)C(=O)N1CCC[C@H]1C(=O)N1CCC[C@H]1C(=O)O)[C@@H](C)O. The molecular weight excluding hydrogens is 915 g/mol. The van der Waals surface area contributed by atoms with Crippen molar-refractivity contribution in [2.45, 2.75) is 178 Å². The van der Waals surface area contributed by atoms with Crippen LogP contribution >= 0.6 is 0 Å². The summed E-state index contributed by atoms with van der Waals surface area (Å²) in [7, 11) is 0. The first-order valence-corrected chi connectivity index (χ1v) is 23.2. The molecule has 388 valence electrons. The maximum atomic E-state index is 14.2. The molecule has 0 saturated carbocycles. The highest BCUT2D eigenvalue weighted by molar-refractivity contribution is 5.99. The minimum absolute atomic E-state index is 0.0235. The molecule has 0 aliphatic carbocycles. The summed E-state index contributed by atoms with van der Waals surface area (Å²) in [6, 6.07) is -13.0. The van der Waals surface area contributed by atoms with E-state index in [9.17, 15) is 83.4 Å². The largest absolute Gasteiger partial charge is 0.481 e. The standard InChI is InChI=1S/C43H69N9O17/c1-20(2)19-26(47-39(64)34(23(5)55)49-37(62)32(44)21(3)53)35(60)48-33(22(4)54)38(63)46-25(13-15-31(58)59)40(65)50-16-6-9-27(50)36(61)45-24(12-14-30(56)57)41(66)51-17-7-10-28(51)42(67)52-18-8-11-29(52)43(68)69/h20-29,32-34,53-55H,6-19,44H2,1-5H3,(H,45,61)(H,46,63)(H,47,64)(H,48,60)(H,49,62)(H,56,57)(H,58,59)(H,68,69)/t21-,22-,23-,24+,25+,26+,27+,28+,29+,32+,33+,34+/m1/s1. The van der Waals surface area contributed by atoms with E-state index in [1.54, 1.807) is 13.8 Å². The molecule has 8 amide bonds. The second-order valence-electron chi connectivity index (χ2n) is 18.3. The maximum absolute atomic E-state index is 14.2. The van der Waals surface area contributed by atoms with Crippen molar-refractivity contribution in [3.8, 4) is 0 Å². The van der Waals surface area contributed by atoms with Gasteiger partial charge in [-0.15, -0.1) is 0 Å². The summed E-state index contributed by atoms with van der Waals surface area (Å²) >= 11 is 0. The van der Waals surface area contributed by atoms with Crippen LogP contribution in [0.4, 0.5) is 0 Å². The summed E-state index contributed by atoms with van der Waals surface area (Å²) < 4.78 is 0. The molecule has 26 heteroatoms. The average molecular weight is 984 g/mol. The molecule has 0 spiro atoms. The fraction of sp³-hybridized carbons (Fsp3) is 0.744. The summed E-state index contributed by atoms with van der Waals surface area (Å²) in [4.78, 5) is 148. The van der Waals surface area contributed by atoms with Crippen molar-refractivity contribution in [3.63, 3.8) is 0 Å². The van der Waals surface area contributed by atoms with Crippen LogP contribution in [0.3, 0.4) is 0 Å². The topological polar surface area (TPSA) is 405 Å². The summed E-state index contributed by atoms with van der Waals surface area (Å²) in [6.07, 6.45) is -5.30. The van der Waals surface area contributed by atoms with Crippen LogP contribution in [-0.2, 0) is 52.7 Å². The minimum Gasteiger partial charge on any atom is -0.481 e. The van der Waals surface area contributed by atoms with Gasteiger partial charge < -0.3 is 77.7 Å². The third-order valence-electron chi connectivity index (χ3n) is 12.3. The zero-order chi connectivity index (χ0) is 52.0. The summed E-state index contributed by atoms with van der Waals surface area (Å²) in [5, 5.41) is 71.3. The van der Waals surface area contributed by atoms with Crippen LogP contribution in [0.15, 0.2) is 0 Å². The number of aliphatic carboxylic acids is 3. The van der Waals surface area contributed by atoms with E-state index in [4.69, 9.17) is 5.73 Å². The number of hydrogen-bond donors (Lipinski definition) is 12. The van der Waals surface area contributed by atoms with Gasteiger partial charge in [0.05, 0.1) is 18.3 Å². The number of nitrogens with two attached hydrogens (primary N) is 1. The molecule has 3 fully saturated rings. The van der Waals surface area contributed by atoms with E-state index < -0.39 is 164 Å². The molecule has 13 N–H and O–H groups in total. The van der Waals surface area contributed by atoms with Crippen LogP contribution in [0.2, 0.25) is 0 Å². The Balaban J connectivity index is 1.82. The van der Waals surface area contributed by atoms with Crippen molar-refractivity contribution in [3.05, 3.63) is 0 Å². The maximum Gasteiger partial charge on any atom is 0.326 e. The molecule has 0 unspecified atom stereocenters. The number of rotatable bonds is 25. The molecule has 0 bridgehead atoms. The van der Waals surface area contributed by atoms with Gasteiger partial charge in [-0.05, 0) is 84.5 Å². The third kappa shape index (κ3) is 16.0. The van der Waals surface area contributed by atoms with Gasteiger partial charge in [-0.25, -0.2) is 4.79 Å². The van der Waals surface area contributed by atoms with Gasteiger partial charge in [-0.1, -0.05) is 13.8 Å². The van der Waals surface area contributed by atoms with Crippen molar-refractivity contribution < 1.29 is 83.4 Å². The summed E-state index contributed by atoms with van der Waals surface area (Å²) in [6.45, 7) is 7.06. The average Bonchev–Trinajstić information content (AvgIpc) is 4.07. The number of carbonyl (C=O) groups excluding carboxylic acids is 8. The van der Waals surface area contributed by atoms with Crippen molar-refractivity contribution >= 4 is 65.2 Å². The van der Waals surface area contributed by atoms with Crippen molar-refractivity contribution in [1.29, 1.82) is 0 Å². The highest BCUT2D eigenvalue weighted by Crippen LogP contribution is 2.27. The van der Waals surface area contributed by atoms with Gasteiger partial charge in [0.15, 0.2) is 0 Å². The van der Waals surface area contributed by atoms with Gasteiger partial charge in [0, 0.05) is 32.5 Å². The Kier molecular flexibility index (Phi) is 21.7. The number of likely N-dealkylation sites (tertiary alicyclic amines) is 3. The van der Waals surface area contributed by atoms with Crippen molar-refractivity contribution in [1.82, 2.24) is 41.3 Å². The van der Waals surface area contributed by atoms with Gasteiger partial charge in [-0.2, -0.15) is 0 Å². The molecule has 3 heterocycles. The zero-order valence-corrected chi connectivity index (χ0v) is 39.5. The second kappa shape index (κ2) is 26.1. The lowest BCUT2D eigenvalue weighted by atomic mass is 10.0. The molecule has 3 saturated heterocycles. The number of hydrogen-bond acceptors (Lipinski definition) is 15. The van der Waals surface area contributed by atoms with E-state index in [-0.39, 0.29) is 57.7 Å². The molecule has 12 atom stereocenters. The van der Waals surface area contributed by atoms with Gasteiger partial charge in [0.25, 0.3) is 0 Å². The van der Waals surface area contributed by atoms with E-state index in [0.29, 0.717) is 12.8 Å². The number of nitrogens with one attached hydrogen (secondary N) is 5. The number of carboxylic acid groups (broad SMARTS) is 3. The molecule has 0 aromatic heterocycles. The second-order valence-corrected chi connectivity index (χ2v) is 18.3. The van der Waals surface area contributed by atoms with Gasteiger partial charge in [0.2, 0.25) is 47.3 Å². The molecule has 69 heavy (non-hydrogen) atoms. The van der Waals surface area contributed by atoms with Crippen LogP contribution in [0.5, 0.6) is 0 Å². The first-order valence-electron chi connectivity index (χ1n) is 23.2. The van der Waals surface area contributed by atoms with E-state index in [0.717, 1.165) is 11.8 Å². The number of amides is 8. The first kappa shape index (κ1) is 57.3. The molecule has 0 aromatic carbocycles. The van der Waals surface area contributed by atoms with Crippen molar-refractivity contribution in [2.24, 2.45) is 11.7 Å². The van der Waals surface area contributed by atoms with E-state index >= 15 is 0 Å². The summed E-state index contributed by atoms with van der Waals surface area (Å²) in [5.41, 5.74) is 5.66. The van der Waals surface area contributed by atoms with E-state index in [1.807, 2.05) is 0 Å². The molecule has 3 aliphatic heterocycles. The van der Waals surface area contributed by atoms with Gasteiger partial charge in [-0.3, -0.25) is 47.9 Å². The minimum atomic E-state index is -1.83. The van der Waals surface area contributed by atoms with Gasteiger partial charge in [0.1, 0.15) is 54.4 Å². The number of nitrogens with zero attached hydrogens (tertiary/aromatic N) is 3. The van der Waals surface area contributed by atoms with Gasteiger partial charge >= 0.3 is 17.9 Å². The molecule has 26 nitrogen and oxygen atoms in total. The monoisotopic (exact) mass is 983 g/mol. The molecular formula is C43H69N9O17. The Morgan fingerprint density at radius 3 is 1.39 bits per heavy atom. The quantitative estimate of drug-likeness (QED) is 0.0412. The first-order chi connectivity index (χ1) is 32.3. The Labute approximate surface area is 398 Å². The van der Waals surface area contributed by atoms with Crippen LogP contribution in [-0.4, -0.2) is 203 Å². The highest BCUT2D eigenvalue weighted by Gasteiger charge is 2.45. The van der Waals surface area contributed by atoms with Crippen LogP contribution in [0, 0.1) is 5.92 Å². The molecule has 0 radical (unpaired) electrons. The van der Waals surface area contributed by atoms with E-state index in [2.05, 4.69) is 26.6 Å².